The van der Waals surface area contributed by atoms with Gasteiger partial charge in [0.15, 0.2) is 0 Å². The predicted octanol–water partition coefficient (Wildman–Crippen LogP) is 3.62. The number of likely N-dealkylation sites (N-methyl/N-ethyl adjacent to an activating group) is 1. The van der Waals surface area contributed by atoms with Gasteiger partial charge in [-0.15, -0.1) is 0 Å². The molecule has 1 aliphatic heterocycles. The minimum absolute atomic E-state index is 0.0110. The van der Waals surface area contributed by atoms with Gasteiger partial charge >= 0.3 is 0 Å². The van der Waals surface area contributed by atoms with E-state index in [2.05, 4.69) is 21.2 Å². The fraction of sp³-hybridized carbons (Fsp3) is 0.133. The van der Waals surface area contributed by atoms with Crippen molar-refractivity contribution < 1.29 is 9.72 Å². The number of hydrogen-bond donors (Lipinski definition) is 1. The van der Waals surface area contributed by atoms with Crippen molar-refractivity contribution in [2.45, 2.75) is 6.42 Å². The van der Waals surface area contributed by atoms with Crippen molar-refractivity contribution >= 4 is 44.6 Å². The molecule has 2 aromatic carbocycles. The number of anilines is 3. The standard InChI is InChI=1S/C15H12BrN3O3/c1-18-13-5-3-11(6-9(13)7-15(18)20)17-12-4-2-10(16)8-14(12)19(21)22/h2-6,8,17H,7H2,1H3. The van der Waals surface area contributed by atoms with E-state index in [0.717, 1.165) is 11.3 Å². The van der Waals surface area contributed by atoms with Crippen LogP contribution in [0.4, 0.5) is 22.7 Å². The summed E-state index contributed by atoms with van der Waals surface area (Å²) in [7, 11) is 1.74. The van der Waals surface area contributed by atoms with Crippen molar-refractivity contribution in [3.8, 4) is 0 Å². The Labute approximate surface area is 135 Å². The SMILES string of the molecule is CN1C(=O)Cc2cc(Nc3ccc(Br)cc3[N+](=O)[O-])ccc21. The topological polar surface area (TPSA) is 75.5 Å². The Morgan fingerprint density at radius 2 is 2.05 bits per heavy atom. The molecule has 0 saturated carbocycles. The zero-order chi connectivity index (χ0) is 15.9. The van der Waals surface area contributed by atoms with E-state index < -0.39 is 4.92 Å². The lowest BCUT2D eigenvalue weighted by molar-refractivity contribution is -0.384. The summed E-state index contributed by atoms with van der Waals surface area (Å²) in [5.41, 5.74) is 2.90. The monoisotopic (exact) mass is 361 g/mol. The van der Waals surface area contributed by atoms with Crippen molar-refractivity contribution in [2.75, 3.05) is 17.3 Å². The maximum absolute atomic E-state index is 11.7. The molecule has 2 aromatic rings. The summed E-state index contributed by atoms with van der Waals surface area (Å²) in [5, 5.41) is 14.2. The summed E-state index contributed by atoms with van der Waals surface area (Å²) >= 11 is 3.23. The van der Waals surface area contributed by atoms with Crippen LogP contribution in [-0.2, 0) is 11.2 Å². The molecule has 0 atom stereocenters. The molecule has 0 bridgehead atoms. The van der Waals surface area contributed by atoms with E-state index in [1.54, 1.807) is 30.1 Å². The van der Waals surface area contributed by atoms with Crippen LogP contribution in [0.5, 0.6) is 0 Å². The molecule has 0 aliphatic carbocycles. The van der Waals surface area contributed by atoms with Gasteiger partial charge < -0.3 is 10.2 Å². The van der Waals surface area contributed by atoms with Gasteiger partial charge in [-0.1, -0.05) is 15.9 Å². The number of fused-ring (bicyclic) bond motifs is 1. The van der Waals surface area contributed by atoms with E-state index in [0.29, 0.717) is 22.3 Å². The second-order valence-electron chi connectivity index (χ2n) is 5.02. The summed E-state index contributed by atoms with van der Waals surface area (Å²) < 4.78 is 0.644. The first kappa shape index (κ1) is 14.5. The second-order valence-corrected chi connectivity index (χ2v) is 5.93. The number of carbonyl (C=O) groups excluding carboxylic acids is 1. The maximum Gasteiger partial charge on any atom is 0.293 e. The number of nitrogens with one attached hydrogen (secondary N) is 1. The van der Waals surface area contributed by atoms with Gasteiger partial charge in [0.2, 0.25) is 5.91 Å². The van der Waals surface area contributed by atoms with E-state index in [1.807, 2.05) is 12.1 Å². The summed E-state index contributed by atoms with van der Waals surface area (Å²) in [6, 6.07) is 10.3. The quantitative estimate of drug-likeness (QED) is 0.669. The third kappa shape index (κ3) is 2.55. The molecule has 0 fully saturated rings. The maximum atomic E-state index is 11.7. The number of hydrogen-bond acceptors (Lipinski definition) is 4. The third-order valence-electron chi connectivity index (χ3n) is 3.59. The Hall–Kier alpha value is -2.41. The van der Waals surface area contributed by atoms with Gasteiger partial charge in [0.25, 0.3) is 5.69 Å². The Bertz CT molecular complexity index is 792. The lowest BCUT2D eigenvalue weighted by Crippen LogP contribution is -2.20. The minimum atomic E-state index is -0.433. The van der Waals surface area contributed by atoms with Crippen molar-refractivity contribution in [2.24, 2.45) is 0 Å². The minimum Gasteiger partial charge on any atom is -0.350 e. The van der Waals surface area contributed by atoms with Gasteiger partial charge in [0.1, 0.15) is 5.69 Å². The molecule has 112 valence electrons. The molecule has 1 heterocycles. The van der Waals surface area contributed by atoms with Crippen LogP contribution in [0.1, 0.15) is 5.56 Å². The lowest BCUT2D eigenvalue weighted by atomic mass is 10.1. The van der Waals surface area contributed by atoms with Gasteiger partial charge in [-0.05, 0) is 35.9 Å². The highest BCUT2D eigenvalue weighted by Gasteiger charge is 2.24. The zero-order valence-electron chi connectivity index (χ0n) is 11.7. The first-order chi connectivity index (χ1) is 10.5. The molecule has 0 spiro atoms. The first-order valence-corrected chi connectivity index (χ1v) is 7.35. The molecule has 7 heteroatoms. The number of benzene rings is 2. The molecule has 22 heavy (non-hydrogen) atoms. The molecular weight excluding hydrogens is 350 g/mol. The number of halogens is 1. The van der Waals surface area contributed by atoms with E-state index in [-0.39, 0.29) is 11.6 Å². The van der Waals surface area contributed by atoms with Crippen molar-refractivity contribution in [3.05, 3.63) is 56.5 Å². The first-order valence-electron chi connectivity index (χ1n) is 6.56. The van der Waals surface area contributed by atoms with Crippen LogP contribution < -0.4 is 10.2 Å². The fourth-order valence-electron chi connectivity index (χ4n) is 2.46. The lowest BCUT2D eigenvalue weighted by Gasteiger charge is -2.12. The van der Waals surface area contributed by atoms with Crippen LogP contribution >= 0.6 is 15.9 Å². The molecule has 0 aromatic heterocycles. The third-order valence-corrected chi connectivity index (χ3v) is 4.09. The summed E-state index contributed by atoms with van der Waals surface area (Å²) in [5.74, 6) is 0.0433. The smallest absolute Gasteiger partial charge is 0.293 e. The second kappa shape index (κ2) is 5.42. The normalized spacial score (nSPS) is 13.2. The van der Waals surface area contributed by atoms with Gasteiger partial charge in [-0.25, -0.2) is 0 Å². The Kier molecular flexibility index (Phi) is 3.58. The number of nitrogens with zero attached hydrogens (tertiary/aromatic N) is 2. The van der Waals surface area contributed by atoms with Crippen molar-refractivity contribution in [3.63, 3.8) is 0 Å². The molecule has 0 saturated heterocycles. The molecular formula is C15H12BrN3O3. The van der Waals surface area contributed by atoms with Crippen LogP contribution in [0.3, 0.4) is 0 Å². The molecule has 3 rings (SSSR count). The van der Waals surface area contributed by atoms with Gasteiger partial charge in [-0.2, -0.15) is 0 Å². The number of nitro benzene ring substituents is 1. The van der Waals surface area contributed by atoms with E-state index in [4.69, 9.17) is 0 Å². The van der Waals surface area contributed by atoms with E-state index in [9.17, 15) is 14.9 Å². The largest absolute Gasteiger partial charge is 0.350 e. The predicted molar refractivity (Wildman–Crippen MR) is 87.6 cm³/mol. The molecule has 1 amide bonds. The average Bonchev–Trinajstić information content (AvgIpc) is 2.75. The highest BCUT2D eigenvalue weighted by Crippen LogP contribution is 2.34. The number of rotatable bonds is 3. The van der Waals surface area contributed by atoms with Gasteiger partial charge in [-0.3, -0.25) is 14.9 Å². The Balaban J connectivity index is 1.94. The van der Waals surface area contributed by atoms with E-state index in [1.165, 1.54) is 6.07 Å². The Morgan fingerprint density at radius 3 is 2.77 bits per heavy atom. The van der Waals surface area contributed by atoms with Crippen LogP contribution in [0.25, 0.3) is 0 Å². The van der Waals surface area contributed by atoms with E-state index >= 15 is 0 Å². The van der Waals surface area contributed by atoms with Crippen LogP contribution in [0.15, 0.2) is 40.9 Å². The number of carbonyl (C=O) groups is 1. The zero-order valence-corrected chi connectivity index (χ0v) is 13.3. The van der Waals surface area contributed by atoms with Crippen molar-refractivity contribution in [1.29, 1.82) is 0 Å². The van der Waals surface area contributed by atoms with Crippen LogP contribution in [0, 0.1) is 10.1 Å². The molecule has 6 nitrogen and oxygen atoms in total. The summed E-state index contributed by atoms with van der Waals surface area (Å²) in [6.07, 6.45) is 0.351. The molecule has 1 N–H and O–H groups in total. The van der Waals surface area contributed by atoms with Crippen LogP contribution in [-0.4, -0.2) is 17.9 Å². The number of nitro groups is 1. The fourth-order valence-corrected chi connectivity index (χ4v) is 2.81. The van der Waals surface area contributed by atoms with Gasteiger partial charge in [0, 0.05) is 29.0 Å². The van der Waals surface area contributed by atoms with Crippen molar-refractivity contribution in [1.82, 2.24) is 0 Å². The number of amides is 1. The highest BCUT2D eigenvalue weighted by atomic mass is 79.9. The average molecular weight is 362 g/mol. The Morgan fingerprint density at radius 1 is 1.27 bits per heavy atom. The molecule has 0 unspecified atom stereocenters. The van der Waals surface area contributed by atoms with Crippen LogP contribution in [0.2, 0.25) is 0 Å². The summed E-state index contributed by atoms with van der Waals surface area (Å²) in [6.45, 7) is 0. The molecule has 1 aliphatic rings. The highest BCUT2D eigenvalue weighted by molar-refractivity contribution is 9.10. The molecule has 0 radical (unpaired) electrons. The van der Waals surface area contributed by atoms with Gasteiger partial charge in [0.05, 0.1) is 11.3 Å². The summed E-state index contributed by atoms with van der Waals surface area (Å²) in [4.78, 5) is 24.0.